The molecule has 0 fully saturated rings. The molecule has 0 radical (unpaired) electrons. The van der Waals surface area contributed by atoms with Crippen LogP contribution in [0.2, 0.25) is 5.02 Å². The van der Waals surface area contributed by atoms with E-state index in [1.54, 1.807) is 31.2 Å². The number of hydrogen-bond donors (Lipinski definition) is 1. The summed E-state index contributed by atoms with van der Waals surface area (Å²) in [5.74, 6) is 0.148. The maximum Gasteiger partial charge on any atom is 0.325 e. The number of rotatable bonds is 4. The summed E-state index contributed by atoms with van der Waals surface area (Å²) in [4.78, 5) is 10.6. The molecule has 0 amide bonds. The van der Waals surface area contributed by atoms with Gasteiger partial charge < -0.3 is 9.84 Å². The number of hydrogen-bond acceptors (Lipinski definition) is 3. The van der Waals surface area contributed by atoms with Crippen LogP contribution in [-0.2, 0) is 11.3 Å². The number of carboxylic acid groups (broad SMARTS) is 1. The number of aromatic nitrogens is 2. The van der Waals surface area contributed by atoms with Gasteiger partial charge in [0.2, 0.25) is 0 Å². The second-order valence-electron chi connectivity index (χ2n) is 3.71. The van der Waals surface area contributed by atoms with Gasteiger partial charge in [-0.3, -0.25) is 9.48 Å². The molecule has 1 N–H and O–H groups in total. The lowest BCUT2D eigenvalue weighted by molar-refractivity contribution is -0.137. The minimum absolute atomic E-state index is 0.190. The molecule has 18 heavy (non-hydrogen) atoms. The van der Waals surface area contributed by atoms with E-state index in [0.717, 1.165) is 0 Å². The van der Waals surface area contributed by atoms with Gasteiger partial charge in [0.1, 0.15) is 12.3 Å². The van der Waals surface area contributed by atoms with Crippen LogP contribution in [0.5, 0.6) is 11.5 Å². The van der Waals surface area contributed by atoms with E-state index in [0.29, 0.717) is 22.2 Å². The van der Waals surface area contributed by atoms with Crippen molar-refractivity contribution in [1.29, 1.82) is 0 Å². The number of carbonyl (C=O) groups is 1. The fourth-order valence-electron chi connectivity index (χ4n) is 1.47. The van der Waals surface area contributed by atoms with E-state index in [-0.39, 0.29) is 6.54 Å². The van der Waals surface area contributed by atoms with Crippen LogP contribution >= 0.6 is 11.6 Å². The Morgan fingerprint density at radius 1 is 1.56 bits per heavy atom. The normalized spacial score (nSPS) is 10.3. The molecule has 6 heteroatoms. The maximum absolute atomic E-state index is 10.6. The third-order valence-corrected chi connectivity index (χ3v) is 2.60. The Hall–Kier alpha value is -2.01. The summed E-state index contributed by atoms with van der Waals surface area (Å²) >= 11 is 5.85. The molecule has 94 valence electrons. The number of aliphatic carboxylic acids is 1. The fourth-order valence-corrected chi connectivity index (χ4v) is 1.65. The molecule has 0 aliphatic heterocycles. The SMILES string of the molecule is Cc1c(Oc2cccc(Cl)c2)cnn1CC(=O)O. The van der Waals surface area contributed by atoms with Crippen LogP contribution < -0.4 is 4.74 Å². The molecule has 1 heterocycles. The number of ether oxygens (including phenoxy) is 1. The molecule has 0 bridgehead atoms. The predicted octanol–water partition coefficient (Wildman–Crippen LogP) is 2.72. The summed E-state index contributed by atoms with van der Waals surface area (Å²) in [7, 11) is 0. The highest BCUT2D eigenvalue weighted by molar-refractivity contribution is 6.30. The smallest absolute Gasteiger partial charge is 0.325 e. The lowest BCUT2D eigenvalue weighted by Crippen LogP contribution is -2.11. The zero-order valence-electron chi connectivity index (χ0n) is 9.63. The highest BCUT2D eigenvalue weighted by Crippen LogP contribution is 2.26. The van der Waals surface area contributed by atoms with E-state index in [1.807, 2.05) is 0 Å². The second kappa shape index (κ2) is 5.10. The Morgan fingerprint density at radius 2 is 2.33 bits per heavy atom. The monoisotopic (exact) mass is 266 g/mol. The van der Waals surface area contributed by atoms with Crippen molar-refractivity contribution < 1.29 is 14.6 Å². The summed E-state index contributed by atoms with van der Waals surface area (Å²) in [5, 5.41) is 13.2. The van der Waals surface area contributed by atoms with Gasteiger partial charge in [0.15, 0.2) is 5.75 Å². The summed E-state index contributed by atoms with van der Waals surface area (Å²) in [5.41, 5.74) is 0.650. The Labute approximate surface area is 109 Å². The largest absolute Gasteiger partial charge is 0.480 e. The van der Waals surface area contributed by atoms with E-state index >= 15 is 0 Å². The van der Waals surface area contributed by atoms with Crippen molar-refractivity contribution in [3.05, 3.63) is 41.2 Å². The summed E-state index contributed by atoms with van der Waals surface area (Å²) in [6.07, 6.45) is 1.49. The molecule has 0 unspecified atom stereocenters. The van der Waals surface area contributed by atoms with Crippen molar-refractivity contribution >= 4 is 17.6 Å². The average Bonchev–Trinajstić information content (AvgIpc) is 2.61. The van der Waals surface area contributed by atoms with Crippen LogP contribution in [0, 0.1) is 6.92 Å². The minimum atomic E-state index is -0.949. The van der Waals surface area contributed by atoms with Crippen molar-refractivity contribution in [3.8, 4) is 11.5 Å². The summed E-state index contributed by atoms with van der Waals surface area (Å²) in [6, 6.07) is 6.96. The van der Waals surface area contributed by atoms with Crippen LogP contribution in [0.1, 0.15) is 5.69 Å². The molecular formula is C12H11ClN2O3. The molecule has 2 rings (SSSR count). The van der Waals surface area contributed by atoms with Gasteiger partial charge in [0, 0.05) is 5.02 Å². The van der Waals surface area contributed by atoms with Crippen LogP contribution in [0.3, 0.4) is 0 Å². The Balaban J connectivity index is 2.20. The highest BCUT2D eigenvalue weighted by Gasteiger charge is 2.10. The van der Waals surface area contributed by atoms with E-state index in [9.17, 15) is 4.79 Å². The molecule has 1 aromatic heterocycles. The first-order valence-electron chi connectivity index (χ1n) is 5.24. The number of benzene rings is 1. The summed E-state index contributed by atoms with van der Waals surface area (Å²) in [6.45, 7) is 1.56. The third kappa shape index (κ3) is 2.81. The molecular weight excluding hydrogens is 256 g/mol. The van der Waals surface area contributed by atoms with E-state index in [1.165, 1.54) is 10.9 Å². The van der Waals surface area contributed by atoms with Crippen molar-refractivity contribution in [2.45, 2.75) is 13.5 Å². The van der Waals surface area contributed by atoms with Crippen molar-refractivity contribution in [1.82, 2.24) is 9.78 Å². The fraction of sp³-hybridized carbons (Fsp3) is 0.167. The lowest BCUT2D eigenvalue weighted by Gasteiger charge is -2.05. The second-order valence-corrected chi connectivity index (χ2v) is 4.14. The van der Waals surface area contributed by atoms with Gasteiger partial charge in [-0.15, -0.1) is 0 Å². The van der Waals surface area contributed by atoms with Crippen molar-refractivity contribution in [2.24, 2.45) is 0 Å². The first-order valence-corrected chi connectivity index (χ1v) is 5.61. The molecule has 0 aliphatic carbocycles. The maximum atomic E-state index is 10.6. The Bertz CT molecular complexity index is 580. The molecule has 0 aliphatic rings. The average molecular weight is 267 g/mol. The van der Waals surface area contributed by atoms with Gasteiger partial charge in [-0.2, -0.15) is 5.10 Å². The van der Waals surface area contributed by atoms with Crippen LogP contribution in [-0.4, -0.2) is 20.9 Å². The molecule has 1 aromatic carbocycles. The molecule has 5 nitrogen and oxygen atoms in total. The highest BCUT2D eigenvalue weighted by atomic mass is 35.5. The van der Waals surface area contributed by atoms with Gasteiger partial charge in [-0.1, -0.05) is 17.7 Å². The van der Waals surface area contributed by atoms with Crippen molar-refractivity contribution in [2.75, 3.05) is 0 Å². The number of halogens is 1. The number of carboxylic acids is 1. The van der Waals surface area contributed by atoms with Gasteiger partial charge in [-0.25, -0.2) is 0 Å². The molecule has 0 saturated heterocycles. The van der Waals surface area contributed by atoms with E-state index in [2.05, 4.69) is 5.10 Å². The summed E-state index contributed by atoms with van der Waals surface area (Å²) < 4.78 is 6.95. The zero-order valence-corrected chi connectivity index (χ0v) is 10.4. The Morgan fingerprint density at radius 3 is 3.00 bits per heavy atom. The standard InChI is InChI=1S/C12H11ClN2O3/c1-8-11(6-14-15(8)7-12(16)17)18-10-4-2-3-9(13)5-10/h2-6H,7H2,1H3,(H,16,17). The van der Waals surface area contributed by atoms with Crippen LogP contribution in [0.15, 0.2) is 30.5 Å². The number of nitrogens with zero attached hydrogens (tertiary/aromatic N) is 2. The molecule has 0 saturated carbocycles. The minimum Gasteiger partial charge on any atom is -0.480 e. The molecule has 2 aromatic rings. The van der Waals surface area contributed by atoms with Gasteiger partial charge in [0.25, 0.3) is 0 Å². The Kier molecular flexibility index (Phi) is 3.53. The molecule has 0 atom stereocenters. The first kappa shape index (κ1) is 12.4. The first-order chi connectivity index (χ1) is 8.56. The quantitative estimate of drug-likeness (QED) is 0.924. The van der Waals surface area contributed by atoms with Crippen LogP contribution in [0.25, 0.3) is 0 Å². The third-order valence-electron chi connectivity index (χ3n) is 2.37. The lowest BCUT2D eigenvalue weighted by atomic mass is 10.3. The van der Waals surface area contributed by atoms with Gasteiger partial charge in [0.05, 0.1) is 11.9 Å². The van der Waals surface area contributed by atoms with Crippen LogP contribution in [0.4, 0.5) is 0 Å². The van der Waals surface area contributed by atoms with Crippen molar-refractivity contribution in [3.63, 3.8) is 0 Å². The van der Waals surface area contributed by atoms with E-state index in [4.69, 9.17) is 21.4 Å². The molecule has 0 spiro atoms. The van der Waals surface area contributed by atoms with Gasteiger partial charge in [-0.05, 0) is 25.1 Å². The predicted molar refractivity (Wildman–Crippen MR) is 66.1 cm³/mol. The zero-order chi connectivity index (χ0) is 13.1. The van der Waals surface area contributed by atoms with Gasteiger partial charge >= 0.3 is 5.97 Å². The van der Waals surface area contributed by atoms with E-state index < -0.39 is 5.97 Å². The topological polar surface area (TPSA) is 64.4 Å².